The molecule has 24 heavy (non-hydrogen) atoms. The Morgan fingerprint density at radius 3 is 2.04 bits per heavy atom. The molecule has 0 amide bonds. The average Bonchev–Trinajstić information content (AvgIpc) is 2.93. The van der Waals surface area contributed by atoms with Crippen LogP contribution >= 0.6 is 15.7 Å². The number of rotatable bonds is 4. The van der Waals surface area contributed by atoms with E-state index in [0.29, 0.717) is 27.5 Å². The van der Waals surface area contributed by atoms with Crippen molar-refractivity contribution in [2.24, 2.45) is 5.92 Å². The summed E-state index contributed by atoms with van der Waals surface area (Å²) in [4.78, 5) is 0. The maximum atomic E-state index is 13.2. The minimum atomic E-state index is -1.28. The molecule has 0 bridgehead atoms. The van der Waals surface area contributed by atoms with Crippen LogP contribution in [0.25, 0.3) is 0 Å². The summed E-state index contributed by atoms with van der Waals surface area (Å²) in [5, 5.41) is 1.71. The molecule has 0 spiro atoms. The number of hydrogen-bond donors (Lipinski definition) is 0. The van der Waals surface area contributed by atoms with Crippen molar-refractivity contribution in [1.29, 1.82) is 0 Å². The summed E-state index contributed by atoms with van der Waals surface area (Å²) < 4.78 is 13.2. The molecule has 1 unspecified atom stereocenters. The molecule has 2 rings (SSSR count). The summed E-state index contributed by atoms with van der Waals surface area (Å²) in [5.41, 5.74) is 1.03. The van der Waals surface area contributed by atoms with Crippen molar-refractivity contribution in [3.8, 4) is 0 Å². The van der Waals surface area contributed by atoms with Gasteiger partial charge in [-0.1, -0.05) is 79.2 Å². The lowest BCUT2D eigenvalue weighted by Gasteiger charge is -2.47. The second-order valence-corrected chi connectivity index (χ2v) is 15.3. The van der Waals surface area contributed by atoms with Gasteiger partial charge in [-0.2, -0.15) is 0 Å². The van der Waals surface area contributed by atoms with Crippen molar-refractivity contribution in [3.63, 3.8) is 0 Å². The lowest BCUT2D eigenvalue weighted by atomic mass is 10.0. The Hall–Kier alpha value is -0.250. The topological polar surface area (TPSA) is 17.1 Å². The van der Waals surface area contributed by atoms with Gasteiger partial charge in [-0.3, -0.25) is 0 Å². The highest BCUT2D eigenvalue weighted by Crippen LogP contribution is 2.66. The Labute approximate surface area is 151 Å². The molecule has 0 saturated heterocycles. The molecule has 1 aliphatic rings. The van der Waals surface area contributed by atoms with Crippen LogP contribution in [0.3, 0.4) is 0 Å². The van der Waals surface area contributed by atoms with Gasteiger partial charge in [0, 0.05) is 5.92 Å². The van der Waals surface area contributed by atoms with E-state index in [2.05, 4.69) is 60.6 Å². The fraction of sp³-hybridized carbons (Fsp3) is 0.714. The zero-order chi connectivity index (χ0) is 18.1. The summed E-state index contributed by atoms with van der Waals surface area (Å²) in [6, 6.07) is 10.2. The van der Waals surface area contributed by atoms with E-state index in [0.717, 1.165) is 11.7 Å². The van der Waals surface area contributed by atoms with Crippen molar-refractivity contribution < 1.29 is 4.57 Å². The third kappa shape index (κ3) is 4.47. The predicted molar refractivity (Wildman–Crippen MR) is 111 cm³/mol. The first-order valence-electron chi connectivity index (χ1n) is 9.34. The molecule has 134 valence electrons. The molecule has 1 aliphatic carbocycles. The summed E-state index contributed by atoms with van der Waals surface area (Å²) in [5.74, 6) is 0.610. The quantitative estimate of drug-likeness (QED) is 0.538. The van der Waals surface area contributed by atoms with E-state index in [-0.39, 0.29) is 7.92 Å². The van der Waals surface area contributed by atoms with Gasteiger partial charge in [0.05, 0.1) is 0 Å². The van der Waals surface area contributed by atoms with Gasteiger partial charge in [-0.15, -0.1) is 0 Å². The van der Waals surface area contributed by atoms with Crippen LogP contribution in [0.5, 0.6) is 0 Å². The van der Waals surface area contributed by atoms with Gasteiger partial charge in [0.15, 0.2) is 11.0 Å². The van der Waals surface area contributed by atoms with Crippen molar-refractivity contribution in [2.75, 3.05) is 0 Å². The minimum absolute atomic E-state index is 0.164. The largest absolute Gasteiger partial charge is 0.380 e. The molecule has 0 aliphatic heterocycles. The van der Waals surface area contributed by atoms with Crippen molar-refractivity contribution in [3.05, 3.63) is 30.3 Å². The van der Waals surface area contributed by atoms with E-state index in [1.807, 2.05) is 18.2 Å². The van der Waals surface area contributed by atoms with Crippen molar-refractivity contribution >= 4 is 21.0 Å². The maximum Gasteiger partial charge on any atom is 0.380 e. The second kappa shape index (κ2) is 7.55. The molecule has 1 nitrogen and oxygen atoms in total. The van der Waals surface area contributed by atoms with Crippen LogP contribution in [0, 0.1) is 5.92 Å². The van der Waals surface area contributed by atoms with E-state index in [1.54, 1.807) is 0 Å². The zero-order valence-corrected chi connectivity index (χ0v) is 18.3. The van der Waals surface area contributed by atoms with Gasteiger partial charge < -0.3 is 0 Å². The molecule has 0 N–H and O–H groups in total. The number of benzene rings is 1. The van der Waals surface area contributed by atoms with E-state index < -0.39 is 7.80 Å². The van der Waals surface area contributed by atoms with Crippen LogP contribution in [0.1, 0.15) is 67.7 Å². The van der Waals surface area contributed by atoms with Crippen LogP contribution in [-0.4, -0.2) is 21.6 Å². The van der Waals surface area contributed by atoms with Crippen molar-refractivity contribution in [2.45, 2.75) is 89.4 Å². The predicted octanol–water partition coefficient (Wildman–Crippen LogP) is 6.78. The van der Waals surface area contributed by atoms with Gasteiger partial charge >= 0.3 is 7.80 Å². The van der Waals surface area contributed by atoms with Crippen molar-refractivity contribution in [1.82, 2.24) is 0 Å². The monoisotopic (exact) mass is 365 g/mol. The Bertz CT molecular complexity index is 539. The average molecular weight is 365 g/mol. The Morgan fingerprint density at radius 2 is 1.54 bits per heavy atom. The molecule has 4 atom stereocenters. The van der Waals surface area contributed by atoms with E-state index in [4.69, 9.17) is 0 Å². The van der Waals surface area contributed by atoms with E-state index >= 15 is 0 Å². The molecule has 0 heterocycles. The Balaban J connectivity index is 2.27. The van der Waals surface area contributed by atoms with Crippen LogP contribution in [0.15, 0.2) is 30.3 Å². The first-order chi connectivity index (χ1) is 11.0. The zero-order valence-electron chi connectivity index (χ0n) is 16.5. The smallest absolute Gasteiger partial charge is 0.0923 e. The lowest BCUT2D eigenvalue weighted by Crippen LogP contribution is -2.35. The summed E-state index contributed by atoms with van der Waals surface area (Å²) in [7, 11) is -1.45. The molecular weight excluding hydrogens is 330 g/mol. The first-order valence-corrected chi connectivity index (χ1v) is 12.1. The fourth-order valence-corrected chi connectivity index (χ4v) is 12.4. The minimum Gasteiger partial charge on any atom is -0.0923 e. The van der Waals surface area contributed by atoms with E-state index in [1.165, 1.54) is 12.8 Å². The number of hydrogen-bond acceptors (Lipinski definition) is 1. The van der Waals surface area contributed by atoms with Crippen LogP contribution in [-0.2, 0) is 4.57 Å². The van der Waals surface area contributed by atoms with Crippen LogP contribution in [0.2, 0.25) is 0 Å². The summed E-state index contributed by atoms with van der Waals surface area (Å²) in [6.45, 7) is 16.9. The summed E-state index contributed by atoms with van der Waals surface area (Å²) in [6.07, 6.45) is 3.63. The second-order valence-electron chi connectivity index (χ2n) is 9.28. The van der Waals surface area contributed by atoms with Crippen LogP contribution in [0.4, 0.5) is 0 Å². The highest BCUT2D eigenvalue weighted by atomic mass is 31.1. The first kappa shape index (κ1) is 20.1. The molecule has 1 aromatic rings. The summed E-state index contributed by atoms with van der Waals surface area (Å²) >= 11 is 0. The molecule has 1 fully saturated rings. The van der Waals surface area contributed by atoms with Crippen LogP contribution < -0.4 is 5.30 Å². The van der Waals surface area contributed by atoms with Gasteiger partial charge in [0.2, 0.25) is 0 Å². The standard InChI is InChI=1S/C21H35OP2/c1-16(24(20(2,3)4)21(5,6)7)18-14-11-15-19(18)23(22)17-12-9-8-10-13-17/h8-10,12-13,16,18-19H,11,14-15H2,1-7H3/q+1/t16-,18+,19+/m1/s1. The Kier molecular flexibility index (Phi) is 6.31. The molecule has 1 aromatic carbocycles. The van der Waals surface area contributed by atoms with Gasteiger partial charge in [-0.25, -0.2) is 0 Å². The van der Waals surface area contributed by atoms with Gasteiger partial charge in [0.1, 0.15) is 0 Å². The molecule has 0 aromatic heterocycles. The molecular formula is C21H35OP2+. The fourth-order valence-electron chi connectivity index (χ4n) is 5.01. The Morgan fingerprint density at radius 1 is 1.00 bits per heavy atom. The SMILES string of the molecule is C[C@H]([C@@H]1CCC[C@@H]1[P+](=O)c1ccccc1)P(C(C)(C)C)C(C)(C)C. The molecule has 3 heteroatoms. The third-order valence-corrected chi connectivity index (χ3v) is 11.5. The van der Waals surface area contributed by atoms with Gasteiger partial charge in [0.25, 0.3) is 0 Å². The highest BCUT2D eigenvalue weighted by molar-refractivity contribution is 7.61. The van der Waals surface area contributed by atoms with Gasteiger partial charge in [-0.05, 0) is 47.4 Å². The highest BCUT2D eigenvalue weighted by Gasteiger charge is 2.50. The van der Waals surface area contributed by atoms with E-state index in [9.17, 15) is 4.57 Å². The molecule has 1 saturated carbocycles. The normalized spacial score (nSPS) is 24.2. The lowest BCUT2D eigenvalue weighted by molar-refractivity contribution is 0.509. The maximum absolute atomic E-state index is 13.2. The molecule has 0 radical (unpaired) electrons. The third-order valence-electron chi connectivity index (χ3n) is 5.32.